The fourth-order valence-electron chi connectivity index (χ4n) is 3.65. The van der Waals surface area contributed by atoms with Crippen molar-refractivity contribution in [1.29, 1.82) is 0 Å². The Hall–Kier alpha value is -3.57. The molecule has 0 aromatic heterocycles. The summed E-state index contributed by atoms with van der Waals surface area (Å²) in [5, 5.41) is 12.6. The van der Waals surface area contributed by atoms with Gasteiger partial charge < -0.3 is 19.5 Å². The first-order valence-corrected chi connectivity index (χ1v) is 9.81. The number of carbonyl (C=O) groups excluding carboxylic acids is 1. The minimum absolute atomic E-state index is 0.114. The smallest absolute Gasteiger partial charge is 0.231 e. The zero-order valence-electron chi connectivity index (χ0n) is 17.0. The minimum Gasteiger partial charge on any atom is -0.872 e. The van der Waals surface area contributed by atoms with E-state index in [1.807, 2.05) is 49.5 Å². The van der Waals surface area contributed by atoms with Gasteiger partial charge in [0.05, 0.1) is 19.7 Å². The van der Waals surface area contributed by atoms with Gasteiger partial charge in [0.25, 0.3) is 0 Å². The van der Waals surface area contributed by atoms with Crippen molar-refractivity contribution >= 4 is 11.9 Å². The molecule has 1 atom stereocenters. The summed E-state index contributed by atoms with van der Waals surface area (Å²) >= 11 is 0. The molecule has 1 unspecified atom stereocenters. The largest absolute Gasteiger partial charge is 0.872 e. The maximum atomic E-state index is 12.9. The van der Waals surface area contributed by atoms with Crippen molar-refractivity contribution in [3.63, 3.8) is 0 Å². The van der Waals surface area contributed by atoms with Crippen LogP contribution in [0.25, 0.3) is 6.08 Å². The van der Waals surface area contributed by atoms with E-state index in [4.69, 9.17) is 9.47 Å². The monoisotopic (exact) mass is 401 g/mol. The fourth-order valence-corrected chi connectivity index (χ4v) is 3.65. The Morgan fingerprint density at radius 1 is 1.03 bits per heavy atom. The van der Waals surface area contributed by atoms with Crippen molar-refractivity contribution in [3.05, 3.63) is 94.7 Å². The number of ether oxygens (including phenoxy) is 2. The molecule has 0 radical (unpaired) electrons. The Bertz CT molecular complexity index is 1110. The molecule has 1 heterocycles. The Labute approximate surface area is 175 Å². The van der Waals surface area contributed by atoms with E-state index in [9.17, 15) is 9.90 Å². The molecule has 3 aromatic carbocycles. The van der Waals surface area contributed by atoms with Crippen LogP contribution >= 0.6 is 0 Å². The van der Waals surface area contributed by atoms with Crippen molar-refractivity contribution in [1.82, 2.24) is 0 Å². The summed E-state index contributed by atoms with van der Waals surface area (Å²) in [5.41, 5.74) is 2.95. The van der Waals surface area contributed by atoms with Gasteiger partial charge in [-0.05, 0) is 29.8 Å². The number of allylic oxidation sites excluding steroid dienone is 1. The first kappa shape index (κ1) is 19.7. The average Bonchev–Trinajstić information content (AvgIpc) is 3.06. The number of Topliss-reactive ketones (excluding diaryl/α,β-unsaturated/α-hetero) is 1. The van der Waals surface area contributed by atoms with Crippen LogP contribution in [-0.4, -0.2) is 19.9 Å². The summed E-state index contributed by atoms with van der Waals surface area (Å²) in [4.78, 5) is 14.0. The molecule has 30 heavy (non-hydrogen) atoms. The third kappa shape index (κ3) is 4.07. The normalized spacial score (nSPS) is 15.0. The molecule has 1 aliphatic heterocycles. The molecule has 4 rings (SSSR count). The topological polar surface area (TPSA) is 63.0 Å². The first-order valence-electron chi connectivity index (χ1n) is 9.81. The van der Waals surface area contributed by atoms with E-state index in [-0.39, 0.29) is 17.3 Å². The van der Waals surface area contributed by atoms with Crippen LogP contribution < -0.4 is 19.5 Å². The lowest BCUT2D eigenvalue weighted by Crippen LogP contribution is -3.06. The van der Waals surface area contributed by atoms with Crippen LogP contribution in [0.4, 0.5) is 0 Å². The van der Waals surface area contributed by atoms with E-state index in [1.54, 1.807) is 19.3 Å². The number of hydrogen-bond donors (Lipinski definition) is 1. The summed E-state index contributed by atoms with van der Waals surface area (Å²) in [6.07, 6.45) is 1.68. The summed E-state index contributed by atoms with van der Waals surface area (Å²) in [7, 11) is 3.62. The molecular weight excluding hydrogens is 378 g/mol. The maximum absolute atomic E-state index is 12.9. The van der Waals surface area contributed by atoms with Crippen LogP contribution in [0, 0.1) is 0 Å². The molecule has 1 N–H and O–H groups in total. The molecule has 0 saturated carbocycles. The number of ketones is 1. The summed E-state index contributed by atoms with van der Waals surface area (Å²) < 4.78 is 11.2. The molecule has 5 heteroatoms. The molecule has 1 aliphatic rings. The fraction of sp³-hybridized carbons (Fsp3) is 0.160. The average molecular weight is 401 g/mol. The zero-order chi connectivity index (χ0) is 21.1. The van der Waals surface area contributed by atoms with Gasteiger partial charge in [0.2, 0.25) is 5.78 Å². The van der Waals surface area contributed by atoms with Crippen LogP contribution in [0.5, 0.6) is 17.2 Å². The van der Waals surface area contributed by atoms with Crippen LogP contribution in [0.3, 0.4) is 0 Å². The van der Waals surface area contributed by atoms with Gasteiger partial charge in [-0.2, -0.15) is 0 Å². The second-order valence-electron chi connectivity index (χ2n) is 7.43. The Morgan fingerprint density at radius 3 is 2.60 bits per heavy atom. The predicted molar refractivity (Wildman–Crippen MR) is 113 cm³/mol. The number of fused-ring (bicyclic) bond motifs is 1. The second kappa shape index (κ2) is 8.43. The van der Waals surface area contributed by atoms with Crippen molar-refractivity contribution in [2.45, 2.75) is 13.1 Å². The highest BCUT2D eigenvalue weighted by molar-refractivity contribution is 6.15. The quantitative estimate of drug-likeness (QED) is 0.645. The number of methoxy groups -OCH3 is 1. The minimum atomic E-state index is -0.213. The molecule has 0 aliphatic carbocycles. The highest BCUT2D eigenvalue weighted by atomic mass is 16.5. The lowest BCUT2D eigenvalue weighted by Gasteiger charge is -2.20. The number of quaternary nitrogens is 1. The SMILES string of the molecule is COc1cccc(C=C2Oc3c(ccc([O-])c3C[NH+](C)Cc3ccccc3)C2=O)c1. The van der Waals surface area contributed by atoms with E-state index >= 15 is 0 Å². The Kier molecular flexibility index (Phi) is 5.55. The molecule has 5 nitrogen and oxygen atoms in total. The van der Waals surface area contributed by atoms with Gasteiger partial charge in [0.1, 0.15) is 24.6 Å². The molecule has 0 saturated heterocycles. The molecule has 3 aromatic rings. The highest BCUT2D eigenvalue weighted by Crippen LogP contribution is 2.38. The van der Waals surface area contributed by atoms with Crippen LogP contribution in [0.15, 0.2) is 72.5 Å². The van der Waals surface area contributed by atoms with Gasteiger partial charge in [-0.3, -0.25) is 4.79 Å². The van der Waals surface area contributed by atoms with E-state index in [0.29, 0.717) is 29.2 Å². The third-order valence-corrected chi connectivity index (χ3v) is 5.12. The van der Waals surface area contributed by atoms with Gasteiger partial charge >= 0.3 is 0 Å². The molecule has 0 fully saturated rings. The van der Waals surface area contributed by atoms with Gasteiger partial charge in [0.15, 0.2) is 5.76 Å². The van der Waals surface area contributed by atoms with Gasteiger partial charge in [-0.1, -0.05) is 54.3 Å². The Morgan fingerprint density at radius 2 is 1.83 bits per heavy atom. The van der Waals surface area contributed by atoms with Crippen molar-refractivity contribution in [2.24, 2.45) is 0 Å². The van der Waals surface area contributed by atoms with E-state index in [0.717, 1.165) is 17.0 Å². The number of carbonyl (C=O) groups is 1. The standard InChI is InChI=1S/C25H23NO4/c1-26(15-17-7-4-3-5-8-17)16-21-22(27)12-11-20-24(28)23(30-25(20)21)14-18-9-6-10-19(13-18)29-2/h3-14,27H,15-16H2,1-2H3. The van der Waals surface area contributed by atoms with Crippen LogP contribution in [0.1, 0.15) is 27.0 Å². The number of nitrogens with one attached hydrogen (secondary N) is 1. The van der Waals surface area contributed by atoms with Crippen LogP contribution in [0.2, 0.25) is 0 Å². The molecule has 0 bridgehead atoms. The predicted octanol–water partition coefficient (Wildman–Crippen LogP) is 2.60. The van der Waals surface area contributed by atoms with E-state index in [1.165, 1.54) is 11.6 Å². The Balaban J connectivity index is 1.60. The maximum Gasteiger partial charge on any atom is 0.231 e. The first-order chi connectivity index (χ1) is 14.5. The van der Waals surface area contributed by atoms with Crippen molar-refractivity contribution in [2.75, 3.05) is 14.2 Å². The molecule has 152 valence electrons. The summed E-state index contributed by atoms with van der Waals surface area (Å²) in [6.45, 7) is 1.24. The zero-order valence-corrected chi connectivity index (χ0v) is 17.0. The van der Waals surface area contributed by atoms with Gasteiger partial charge in [-0.25, -0.2) is 0 Å². The van der Waals surface area contributed by atoms with Gasteiger partial charge in [-0.15, -0.1) is 0 Å². The lowest BCUT2D eigenvalue weighted by atomic mass is 10.0. The summed E-state index contributed by atoms with van der Waals surface area (Å²) in [5.74, 6) is 0.965. The van der Waals surface area contributed by atoms with E-state index in [2.05, 4.69) is 12.1 Å². The highest BCUT2D eigenvalue weighted by Gasteiger charge is 2.30. The van der Waals surface area contributed by atoms with E-state index < -0.39 is 0 Å². The molecule has 0 spiro atoms. The number of rotatable bonds is 6. The van der Waals surface area contributed by atoms with Crippen LogP contribution in [-0.2, 0) is 13.1 Å². The molecule has 0 amide bonds. The van der Waals surface area contributed by atoms with Crippen molar-refractivity contribution in [3.8, 4) is 17.2 Å². The lowest BCUT2D eigenvalue weighted by molar-refractivity contribution is -0.907. The number of benzene rings is 3. The molecular formula is C25H23NO4. The van der Waals surface area contributed by atoms with Gasteiger partial charge in [0, 0.05) is 11.1 Å². The van der Waals surface area contributed by atoms with Crippen molar-refractivity contribution < 1.29 is 24.3 Å². The third-order valence-electron chi connectivity index (χ3n) is 5.12. The summed E-state index contributed by atoms with van der Waals surface area (Å²) in [6, 6.07) is 20.5. The number of hydrogen-bond acceptors (Lipinski definition) is 4. The second-order valence-corrected chi connectivity index (χ2v) is 7.43.